The number of benzene rings is 2. The number of methoxy groups -OCH3 is 1. The molecule has 0 bridgehead atoms. The van der Waals surface area contributed by atoms with Gasteiger partial charge in [0.05, 0.1) is 24.6 Å². The molecule has 0 unspecified atom stereocenters. The number of hydrogen-bond acceptors (Lipinski definition) is 3. The molecule has 3 rings (SSSR count). The van der Waals surface area contributed by atoms with E-state index in [-0.39, 0.29) is 12.1 Å². The third-order valence-electron chi connectivity index (χ3n) is 3.96. The molecular weight excluding hydrogens is 292 g/mol. The van der Waals surface area contributed by atoms with E-state index in [1.165, 1.54) is 10.1 Å². The Morgan fingerprint density at radius 3 is 2.39 bits per heavy atom. The lowest BCUT2D eigenvalue weighted by molar-refractivity contribution is 0.415. The van der Waals surface area contributed by atoms with Crippen molar-refractivity contribution in [1.82, 2.24) is 9.55 Å². The van der Waals surface area contributed by atoms with Crippen LogP contribution < -0.4 is 16.0 Å². The lowest BCUT2D eigenvalue weighted by Gasteiger charge is -2.08. The van der Waals surface area contributed by atoms with Gasteiger partial charge in [0, 0.05) is 6.07 Å². The summed E-state index contributed by atoms with van der Waals surface area (Å²) < 4.78 is 6.34. The molecule has 0 radical (unpaired) electrons. The second-order valence-corrected chi connectivity index (χ2v) is 5.40. The SMILES string of the molecule is CCc1ccc(Cn2c(=O)[nH]c3cc(OC)ccc3c2=O)cc1. The van der Waals surface area contributed by atoms with E-state index in [1.54, 1.807) is 25.3 Å². The minimum absolute atomic E-state index is 0.250. The van der Waals surface area contributed by atoms with Crippen molar-refractivity contribution in [3.63, 3.8) is 0 Å². The van der Waals surface area contributed by atoms with E-state index in [0.29, 0.717) is 16.7 Å². The Balaban J connectivity index is 2.06. The van der Waals surface area contributed by atoms with Crippen molar-refractivity contribution in [2.75, 3.05) is 7.11 Å². The predicted molar refractivity (Wildman–Crippen MR) is 90.3 cm³/mol. The standard InChI is InChI=1S/C18H18N2O3/c1-3-12-4-6-13(7-5-12)11-20-17(21)15-9-8-14(23-2)10-16(15)19-18(20)22/h4-10H,3,11H2,1-2H3,(H,19,22). The van der Waals surface area contributed by atoms with Crippen LogP contribution in [0.4, 0.5) is 0 Å². The number of nitrogens with one attached hydrogen (secondary N) is 1. The molecule has 0 saturated carbocycles. The lowest BCUT2D eigenvalue weighted by atomic mass is 10.1. The monoisotopic (exact) mass is 310 g/mol. The van der Waals surface area contributed by atoms with Crippen molar-refractivity contribution in [2.45, 2.75) is 19.9 Å². The maximum Gasteiger partial charge on any atom is 0.329 e. The van der Waals surface area contributed by atoms with E-state index in [2.05, 4.69) is 11.9 Å². The van der Waals surface area contributed by atoms with Gasteiger partial charge in [0.1, 0.15) is 5.75 Å². The molecule has 0 saturated heterocycles. The summed E-state index contributed by atoms with van der Waals surface area (Å²) in [7, 11) is 1.54. The number of fused-ring (bicyclic) bond motifs is 1. The van der Waals surface area contributed by atoms with Crippen LogP contribution in [0.15, 0.2) is 52.1 Å². The van der Waals surface area contributed by atoms with Crippen LogP contribution >= 0.6 is 0 Å². The number of aromatic amines is 1. The molecule has 2 aromatic carbocycles. The van der Waals surface area contributed by atoms with Crippen molar-refractivity contribution >= 4 is 10.9 Å². The van der Waals surface area contributed by atoms with Gasteiger partial charge in [0.25, 0.3) is 5.56 Å². The van der Waals surface area contributed by atoms with E-state index in [0.717, 1.165) is 12.0 Å². The second-order valence-electron chi connectivity index (χ2n) is 5.40. The molecule has 3 aromatic rings. The number of nitrogens with zero attached hydrogens (tertiary/aromatic N) is 1. The summed E-state index contributed by atoms with van der Waals surface area (Å²) in [6.45, 7) is 2.34. The third-order valence-corrected chi connectivity index (χ3v) is 3.96. The first kappa shape index (κ1) is 15.1. The van der Waals surface area contributed by atoms with E-state index in [1.807, 2.05) is 24.3 Å². The summed E-state index contributed by atoms with van der Waals surface area (Å²) in [6.07, 6.45) is 0.957. The molecule has 118 valence electrons. The van der Waals surface area contributed by atoms with Crippen molar-refractivity contribution < 1.29 is 4.74 Å². The molecule has 0 aliphatic heterocycles. The fourth-order valence-electron chi connectivity index (χ4n) is 2.57. The molecule has 1 aromatic heterocycles. The fourth-order valence-corrected chi connectivity index (χ4v) is 2.57. The zero-order valence-corrected chi connectivity index (χ0v) is 13.1. The van der Waals surface area contributed by atoms with E-state index in [9.17, 15) is 9.59 Å². The van der Waals surface area contributed by atoms with Crippen molar-refractivity contribution in [3.8, 4) is 5.75 Å². The zero-order chi connectivity index (χ0) is 16.4. The lowest BCUT2D eigenvalue weighted by Crippen LogP contribution is -2.35. The molecule has 1 heterocycles. The first-order valence-corrected chi connectivity index (χ1v) is 7.51. The van der Waals surface area contributed by atoms with Crippen LogP contribution in [0.25, 0.3) is 10.9 Å². The summed E-state index contributed by atoms with van der Waals surface area (Å²) in [4.78, 5) is 27.6. The van der Waals surface area contributed by atoms with Gasteiger partial charge in [0.2, 0.25) is 0 Å². The average Bonchev–Trinajstić information content (AvgIpc) is 2.58. The largest absolute Gasteiger partial charge is 0.497 e. The Morgan fingerprint density at radius 2 is 1.74 bits per heavy atom. The highest BCUT2D eigenvalue weighted by atomic mass is 16.5. The van der Waals surface area contributed by atoms with Crippen LogP contribution in [-0.4, -0.2) is 16.7 Å². The molecular formula is C18H18N2O3. The molecule has 5 heteroatoms. The minimum atomic E-state index is -0.421. The Kier molecular flexibility index (Phi) is 4.02. The molecule has 0 aliphatic carbocycles. The van der Waals surface area contributed by atoms with E-state index < -0.39 is 5.69 Å². The molecule has 0 fully saturated rings. The summed E-state index contributed by atoms with van der Waals surface area (Å²) in [5, 5.41) is 0.468. The van der Waals surface area contributed by atoms with Crippen LogP contribution in [0, 0.1) is 0 Å². The van der Waals surface area contributed by atoms with Gasteiger partial charge in [-0.05, 0) is 29.7 Å². The normalized spacial score (nSPS) is 10.9. The minimum Gasteiger partial charge on any atom is -0.497 e. The Morgan fingerprint density at radius 1 is 1.04 bits per heavy atom. The van der Waals surface area contributed by atoms with E-state index >= 15 is 0 Å². The number of hydrogen-bond donors (Lipinski definition) is 1. The Hall–Kier alpha value is -2.82. The summed E-state index contributed by atoms with van der Waals surface area (Å²) >= 11 is 0. The predicted octanol–water partition coefficient (Wildman–Crippen LogP) is 2.31. The molecule has 23 heavy (non-hydrogen) atoms. The molecule has 0 spiro atoms. The van der Waals surface area contributed by atoms with Crippen LogP contribution in [0.5, 0.6) is 5.75 Å². The molecule has 0 atom stereocenters. The van der Waals surface area contributed by atoms with Gasteiger partial charge in [0.15, 0.2) is 0 Å². The van der Waals surface area contributed by atoms with Gasteiger partial charge in [-0.1, -0.05) is 31.2 Å². The molecule has 0 amide bonds. The van der Waals surface area contributed by atoms with Crippen LogP contribution in [0.1, 0.15) is 18.1 Å². The second kappa shape index (κ2) is 6.12. The first-order valence-electron chi connectivity index (χ1n) is 7.51. The van der Waals surface area contributed by atoms with E-state index in [4.69, 9.17) is 4.74 Å². The summed E-state index contributed by atoms with van der Waals surface area (Å²) in [6, 6.07) is 13.0. The smallest absolute Gasteiger partial charge is 0.329 e. The maximum absolute atomic E-state index is 12.6. The number of H-pyrrole nitrogens is 1. The highest BCUT2D eigenvalue weighted by Crippen LogP contribution is 2.15. The quantitative estimate of drug-likeness (QED) is 0.804. The van der Waals surface area contributed by atoms with Gasteiger partial charge >= 0.3 is 5.69 Å². The number of rotatable bonds is 4. The van der Waals surface area contributed by atoms with Crippen LogP contribution in [-0.2, 0) is 13.0 Å². The van der Waals surface area contributed by atoms with Crippen molar-refractivity contribution in [2.24, 2.45) is 0 Å². The summed E-state index contributed by atoms with van der Waals surface area (Å²) in [5.74, 6) is 0.598. The van der Waals surface area contributed by atoms with Gasteiger partial charge in [-0.15, -0.1) is 0 Å². The van der Waals surface area contributed by atoms with Gasteiger partial charge in [-0.25, -0.2) is 4.79 Å². The molecule has 5 nitrogen and oxygen atoms in total. The topological polar surface area (TPSA) is 64.1 Å². The van der Waals surface area contributed by atoms with Gasteiger partial charge in [-0.3, -0.25) is 9.36 Å². The van der Waals surface area contributed by atoms with Crippen LogP contribution in [0.3, 0.4) is 0 Å². The third kappa shape index (κ3) is 2.90. The Labute approximate surface area is 133 Å². The molecule has 0 aliphatic rings. The summed E-state index contributed by atoms with van der Waals surface area (Å²) in [5.41, 5.74) is 1.90. The highest BCUT2D eigenvalue weighted by molar-refractivity contribution is 5.78. The number of ether oxygens (including phenoxy) is 1. The zero-order valence-electron chi connectivity index (χ0n) is 13.1. The van der Waals surface area contributed by atoms with Crippen molar-refractivity contribution in [3.05, 3.63) is 74.4 Å². The highest BCUT2D eigenvalue weighted by Gasteiger charge is 2.09. The number of aryl methyl sites for hydroxylation is 1. The van der Waals surface area contributed by atoms with Gasteiger partial charge in [-0.2, -0.15) is 0 Å². The average molecular weight is 310 g/mol. The first-order chi connectivity index (χ1) is 11.1. The van der Waals surface area contributed by atoms with Gasteiger partial charge < -0.3 is 9.72 Å². The number of aromatic nitrogens is 2. The molecule has 1 N–H and O–H groups in total. The van der Waals surface area contributed by atoms with Crippen molar-refractivity contribution in [1.29, 1.82) is 0 Å². The van der Waals surface area contributed by atoms with Crippen LogP contribution in [0.2, 0.25) is 0 Å². The fraction of sp³-hybridized carbons (Fsp3) is 0.222. The maximum atomic E-state index is 12.6. The Bertz CT molecular complexity index is 953.